The average molecular weight is 450 g/mol. The number of morpholine rings is 2. The molecule has 2 N–H and O–H groups in total. The number of hydrogen-bond donors (Lipinski definition) is 1. The van der Waals surface area contributed by atoms with Gasteiger partial charge in [-0.25, -0.2) is 15.0 Å². The lowest BCUT2D eigenvalue weighted by molar-refractivity contribution is 0.0342. The molecule has 5 rings (SSSR count). The highest BCUT2D eigenvalue weighted by Gasteiger charge is 2.18. The van der Waals surface area contributed by atoms with Crippen molar-refractivity contribution in [1.82, 2.24) is 24.8 Å². The predicted molar refractivity (Wildman–Crippen MR) is 123 cm³/mol. The van der Waals surface area contributed by atoms with Crippen LogP contribution in [0.3, 0.4) is 0 Å². The van der Waals surface area contributed by atoms with Gasteiger partial charge in [-0.15, -0.1) is 0 Å². The van der Waals surface area contributed by atoms with Crippen molar-refractivity contribution in [3.63, 3.8) is 0 Å². The highest BCUT2D eigenvalue weighted by atomic mass is 16.5. The molecule has 10 nitrogen and oxygen atoms in total. The number of hydrogen-bond acceptors (Lipinski definition) is 10. The normalized spacial score (nSPS) is 17.2. The van der Waals surface area contributed by atoms with Crippen LogP contribution in [0.4, 0.5) is 11.9 Å². The molecule has 172 valence electrons. The monoisotopic (exact) mass is 449 g/mol. The zero-order valence-electron chi connectivity index (χ0n) is 18.4. The van der Waals surface area contributed by atoms with Gasteiger partial charge in [0.05, 0.1) is 32.1 Å². The summed E-state index contributed by atoms with van der Waals surface area (Å²) in [4.78, 5) is 22.0. The second kappa shape index (κ2) is 10.1. The van der Waals surface area contributed by atoms with E-state index in [2.05, 4.69) is 36.9 Å². The zero-order valence-corrected chi connectivity index (χ0v) is 18.4. The molecule has 0 unspecified atom stereocenters. The Morgan fingerprint density at radius 1 is 0.879 bits per heavy atom. The molecule has 3 aromatic rings. The van der Waals surface area contributed by atoms with Crippen LogP contribution < -0.4 is 15.4 Å². The van der Waals surface area contributed by atoms with Crippen molar-refractivity contribution in [2.45, 2.75) is 6.54 Å². The van der Waals surface area contributed by atoms with Crippen molar-refractivity contribution in [3.8, 4) is 22.9 Å². The van der Waals surface area contributed by atoms with Gasteiger partial charge in [0.15, 0.2) is 0 Å². The highest BCUT2D eigenvalue weighted by Crippen LogP contribution is 2.27. The van der Waals surface area contributed by atoms with Crippen LogP contribution in [0.2, 0.25) is 0 Å². The number of anilines is 2. The lowest BCUT2D eigenvalue weighted by Crippen LogP contribution is -2.37. The summed E-state index contributed by atoms with van der Waals surface area (Å²) in [5.74, 6) is 1.98. The average Bonchev–Trinajstić information content (AvgIpc) is 2.87. The summed E-state index contributed by atoms with van der Waals surface area (Å²) in [6.07, 6.45) is 3.30. The van der Waals surface area contributed by atoms with Gasteiger partial charge in [-0.2, -0.15) is 4.98 Å². The third-order valence-corrected chi connectivity index (χ3v) is 5.61. The van der Waals surface area contributed by atoms with Gasteiger partial charge < -0.3 is 24.8 Å². The Bertz CT molecular complexity index is 1050. The molecule has 0 spiro atoms. The zero-order chi connectivity index (χ0) is 22.5. The van der Waals surface area contributed by atoms with E-state index >= 15 is 0 Å². The second-order valence-corrected chi connectivity index (χ2v) is 7.96. The van der Waals surface area contributed by atoms with Crippen molar-refractivity contribution in [2.24, 2.45) is 0 Å². The molecular weight excluding hydrogens is 422 g/mol. The number of benzene rings is 1. The van der Waals surface area contributed by atoms with Crippen molar-refractivity contribution in [3.05, 3.63) is 48.3 Å². The Morgan fingerprint density at radius 3 is 2.24 bits per heavy atom. The Kier molecular flexibility index (Phi) is 6.56. The van der Waals surface area contributed by atoms with Gasteiger partial charge >= 0.3 is 0 Å². The molecule has 10 heteroatoms. The van der Waals surface area contributed by atoms with Crippen molar-refractivity contribution in [2.75, 3.05) is 63.2 Å². The van der Waals surface area contributed by atoms with E-state index in [0.29, 0.717) is 36.5 Å². The molecule has 0 saturated carbocycles. The van der Waals surface area contributed by atoms with Gasteiger partial charge in [-0.1, -0.05) is 12.1 Å². The van der Waals surface area contributed by atoms with E-state index in [1.165, 1.54) is 5.56 Å². The van der Waals surface area contributed by atoms with Crippen LogP contribution >= 0.6 is 0 Å². The largest absolute Gasteiger partial charge is 0.439 e. The van der Waals surface area contributed by atoms with Gasteiger partial charge in [-0.05, 0) is 17.7 Å². The van der Waals surface area contributed by atoms with Gasteiger partial charge in [0.25, 0.3) is 0 Å². The van der Waals surface area contributed by atoms with E-state index < -0.39 is 0 Å². The summed E-state index contributed by atoms with van der Waals surface area (Å²) in [6, 6.07) is 9.91. The van der Waals surface area contributed by atoms with Crippen LogP contribution in [-0.4, -0.2) is 77.4 Å². The minimum Gasteiger partial charge on any atom is -0.439 e. The number of nitrogens with zero attached hydrogens (tertiary/aromatic N) is 6. The first-order valence-corrected chi connectivity index (χ1v) is 11.1. The first kappa shape index (κ1) is 21.5. The summed E-state index contributed by atoms with van der Waals surface area (Å²) in [7, 11) is 0. The third kappa shape index (κ3) is 5.54. The molecule has 0 bridgehead atoms. The molecular formula is C23H27N7O3. The maximum atomic E-state index is 6.13. The lowest BCUT2D eigenvalue weighted by atomic mass is 10.2. The fourth-order valence-electron chi connectivity index (χ4n) is 3.79. The van der Waals surface area contributed by atoms with E-state index in [-0.39, 0.29) is 5.95 Å². The Morgan fingerprint density at radius 2 is 1.55 bits per heavy atom. The van der Waals surface area contributed by atoms with E-state index in [4.69, 9.17) is 24.9 Å². The molecule has 2 aromatic heterocycles. The predicted octanol–water partition coefficient (Wildman–Crippen LogP) is 1.98. The molecule has 2 aliphatic rings. The summed E-state index contributed by atoms with van der Waals surface area (Å²) in [6.45, 7) is 7.12. The van der Waals surface area contributed by atoms with E-state index in [0.717, 1.165) is 51.5 Å². The third-order valence-electron chi connectivity index (χ3n) is 5.61. The maximum Gasteiger partial charge on any atom is 0.229 e. The molecule has 33 heavy (non-hydrogen) atoms. The second-order valence-electron chi connectivity index (χ2n) is 7.96. The van der Waals surface area contributed by atoms with Crippen LogP contribution in [0, 0.1) is 0 Å². The molecule has 2 aliphatic heterocycles. The first-order chi connectivity index (χ1) is 16.2. The number of rotatable bonds is 6. The first-order valence-electron chi connectivity index (χ1n) is 11.1. The minimum absolute atomic E-state index is 0.217. The van der Waals surface area contributed by atoms with Crippen LogP contribution in [0.5, 0.6) is 11.6 Å². The summed E-state index contributed by atoms with van der Waals surface area (Å²) < 4.78 is 17.0. The summed E-state index contributed by atoms with van der Waals surface area (Å²) in [5.41, 5.74) is 8.29. The smallest absolute Gasteiger partial charge is 0.229 e. The molecule has 0 radical (unpaired) electrons. The SMILES string of the molecule is Nc1ncc(-c2cc(Oc3ccc(CN4CCOCC4)cc3)nc(N3CCOCC3)n2)cn1. The topological polar surface area (TPSA) is 112 Å². The summed E-state index contributed by atoms with van der Waals surface area (Å²) >= 11 is 0. The summed E-state index contributed by atoms with van der Waals surface area (Å²) in [5, 5.41) is 0. The number of nitrogens with two attached hydrogens (primary N) is 1. The minimum atomic E-state index is 0.217. The van der Waals surface area contributed by atoms with E-state index in [1.807, 2.05) is 12.1 Å². The Labute approximate surface area is 192 Å². The van der Waals surface area contributed by atoms with Gasteiger partial charge in [0.1, 0.15) is 5.75 Å². The number of aromatic nitrogens is 4. The number of ether oxygens (including phenoxy) is 3. The molecule has 1 aromatic carbocycles. The van der Waals surface area contributed by atoms with Crippen LogP contribution in [0.1, 0.15) is 5.56 Å². The van der Waals surface area contributed by atoms with Gasteiger partial charge in [0, 0.05) is 56.7 Å². The van der Waals surface area contributed by atoms with Gasteiger partial charge in [0.2, 0.25) is 17.8 Å². The van der Waals surface area contributed by atoms with E-state index in [1.54, 1.807) is 18.5 Å². The van der Waals surface area contributed by atoms with E-state index in [9.17, 15) is 0 Å². The molecule has 2 fully saturated rings. The number of nitrogen functional groups attached to an aromatic ring is 1. The standard InChI is InChI=1S/C23H27N7O3/c24-22-25-14-18(15-26-22)20-13-21(28-23(27-20)30-7-11-32-12-8-30)33-19-3-1-17(2-4-19)16-29-5-9-31-10-6-29/h1-4,13-15H,5-12,16H2,(H2,24,25,26). The Hall–Kier alpha value is -3.34. The van der Waals surface area contributed by atoms with Crippen LogP contribution in [0.25, 0.3) is 11.3 Å². The Balaban J connectivity index is 1.37. The van der Waals surface area contributed by atoms with Crippen LogP contribution in [-0.2, 0) is 16.0 Å². The lowest BCUT2D eigenvalue weighted by Gasteiger charge is -2.27. The highest BCUT2D eigenvalue weighted by molar-refractivity contribution is 5.60. The quantitative estimate of drug-likeness (QED) is 0.599. The van der Waals surface area contributed by atoms with Crippen LogP contribution in [0.15, 0.2) is 42.7 Å². The van der Waals surface area contributed by atoms with Crippen molar-refractivity contribution in [1.29, 1.82) is 0 Å². The molecule has 2 saturated heterocycles. The fourth-order valence-corrected chi connectivity index (χ4v) is 3.79. The maximum absolute atomic E-state index is 6.13. The van der Waals surface area contributed by atoms with Crippen molar-refractivity contribution < 1.29 is 14.2 Å². The molecule has 0 aliphatic carbocycles. The molecule has 0 amide bonds. The van der Waals surface area contributed by atoms with Crippen molar-refractivity contribution >= 4 is 11.9 Å². The fraction of sp³-hybridized carbons (Fsp3) is 0.391. The van der Waals surface area contributed by atoms with Gasteiger partial charge in [-0.3, -0.25) is 4.90 Å². The molecule has 0 atom stereocenters. The molecule has 4 heterocycles.